The number of carbonyl (C=O) groups excluding carboxylic acids is 1. The number of aryl methyl sites for hydroxylation is 1. The first-order valence-corrected chi connectivity index (χ1v) is 7.67. The predicted molar refractivity (Wildman–Crippen MR) is 81.3 cm³/mol. The maximum Gasteiger partial charge on any atom is 0.260 e. The van der Waals surface area contributed by atoms with Crippen LogP contribution in [0.4, 0.5) is 0 Å². The molecule has 1 aliphatic carbocycles. The normalized spacial score (nSPS) is 17.6. The highest BCUT2D eigenvalue weighted by atomic mass is 35.5. The molecule has 0 heterocycles. The fourth-order valence-electron chi connectivity index (χ4n) is 2.55. The quantitative estimate of drug-likeness (QED) is 0.916. The second kappa shape index (κ2) is 6.98. The first kappa shape index (κ1) is 15.2. The van der Waals surface area contributed by atoms with Crippen LogP contribution in [0.25, 0.3) is 0 Å². The number of hydrogen-bond donors (Lipinski definition) is 1. The molecule has 1 fully saturated rings. The van der Waals surface area contributed by atoms with Crippen LogP contribution in [0.3, 0.4) is 0 Å². The zero-order valence-electron chi connectivity index (χ0n) is 12.1. The Morgan fingerprint density at radius 3 is 2.70 bits per heavy atom. The van der Waals surface area contributed by atoms with Crippen molar-refractivity contribution >= 4 is 17.5 Å². The highest BCUT2D eigenvalue weighted by Crippen LogP contribution is 2.23. The van der Waals surface area contributed by atoms with E-state index < -0.39 is 6.10 Å². The van der Waals surface area contributed by atoms with Gasteiger partial charge < -0.3 is 10.1 Å². The van der Waals surface area contributed by atoms with Crippen molar-refractivity contribution in [1.29, 1.82) is 0 Å². The lowest BCUT2D eigenvalue weighted by molar-refractivity contribution is -0.128. The fraction of sp³-hybridized carbons (Fsp3) is 0.562. The monoisotopic (exact) mass is 295 g/mol. The molecule has 0 aromatic heterocycles. The Morgan fingerprint density at radius 2 is 2.05 bits per heavy atom. The summed E-state index contributed by atoms with van der Waals surface area (Å²) in [5, 5.41) is 3.75. The molecule has 1 amide bonds. The van der Waals surface area contributed by atoms with Crippen LogP contribution in [-0.4, -0.2) is 18.1 Å². The Bertz CT molecular complexity index is 470. The van der Waals surface area contributed by atoms with Crippen molar-refractivity contribution in [2.45, 2.75) is 58.1 Å². The summed E-state index contributed by atoms with van der Waals surface area (Å²) in [6, 6.07) is 5.73. The van der Waals surface area contributed by atoms with Gasteiger partial charge in [0, 0.05) is 11.1 Å². The van der Waals surface area contributed by atoms with Gasteiger partial charge in [-0.15, -0.1) is 0 Å². The summed E-state index contributed by atoms with van der Waals surface area (Å²) in [5.74, 6) is 0.673. The minimum Gasteiger partial charge on any atom is -0.481 e. The summed E-state index contributed by atoms with van der Waals surface area (Å²) in [6.45, 7) is 3.71. The summed E-state index contributed by atoms with van der Waals surface area (Å²) in [5.41, 5.74) is 0.940. The molecule has 110 valence electrons. The molecule has 0 aliphatic heterocycles. The summed E-state index contributed by atoms with van der Waals surface area (Å²) < 4.78 is 5.73. The molecule has 3 nitrogen and oxygen atoms in total. The molecular weight excluding hydrogens is 274 g/mol. The molecule has 1 aromatic rings. The molecule has 2 rings (SSSR count). The average molecular weight is 296 g/mol. The molecule has 1 atom stereocenters. The Hall–Kier alpha value is -1.22. The zero-order valence-corrected chi connectivity index (χ0v) is 12.9. The van der Waals surface area contributed by atoms with Crippen LogP contribution in [0.2, 0.25) is 5.02 Å². The summed E-state index contributed by atoms with van der Waals surface area (Å²) >= 11 is 5.91. The highest BCUT2D eigenvalue weighted by Gasteiger charge is 2.21. The van der Waals surface area contributed by atoms with E-state index in [4.69, 9.17) is 16.3 Å². The standard InChI is InChI=1S/C16H22ClNO2/c1-11-10-13(17)8-9-15(11)20-12(2)16(19)18-14-6-4-3-5-7-14/h8-10,12,14H,3-7H2,1-2H3,(H,18,19)/t12-/m1/s1. The Kier molecular flexibility index (Phi) is 5.30. The smallest absolute Gasteiger partial charge is 0.260 e. The zero-order chi connectivity index (χ0) is 14.5. The van der Waals surface area contributed by atoms with Gasteiger partial charge >= 0.3 is 0 Å². The van der Waals surface area contributed by atoms with Crippen LogP contribution in [0, 0.1) is 6.92 Å². The molecule has 1 aromatic carbocycles. The molecule has 0 bridgehead atoms. The Morgan fingerprint density at radius 1 is 1.35 bits per heavy atom. The number of rotatable bonds is 4. The van der Waals surface area contributed by atoms with Crippen LogP contribution < -0.4 is 10.1 Å². The van der Waals surface area contributed by atoms with E-state index in [0.717, 1.165) is 18.4 Å². The van der Waals surface area contributed by atoms with Crippen LogP contribution in [0.1, 0.15) is 44.6 Å². The number of benzene rings is 1. The van der Waals surface area contributed by atoms with Gasteiger partial charge in [-0.2, -0.15) is 0 Å². The van der Waals surface area contributed by atoms with Gasteiger partial charge in [-0.1, -0.05) is 30.9 Å². The maximum atomic E-state index is 12.1. The highest BCUT2D eigenvalue weighted by molar-refractivity contribution is 6.30. The molecular formula is C16H22ClNO2. The second-order valence-electron chi connectivity index (χ2n) is 5.51. The van der Waals surface area contributed by atoms with Gasteiger partial charge in [-0.3, -0.25) is 4.79 Å². The van der Waals surface area contributed by atoms with Crippen molar-refractivity contribution < 1.29 is 9.53 Å². The number of carbonyl (C=O) groups is 1. The van der Waals surface area contributed by atoms with E-state index in [0.29, 0.717) is 16.8 Å². The van der Waals surface area contributed by atoms with Crippen LogP contribution >= 0.6 is 11.6 Å². The van der Waals surface area contributed by atoms with Crippen molar-refractivity contribution in [2.75, 3.05) is 0 Å². The van der Waals surface area contributed by atoms with Crippen molar-refractivity contribution in [1.82, 2.24) is 5.32 Å². The molecule has 0 unspecified atom stereocenters. The minimum absolute atomic E-state index is 0.0359. The van der Waals surface area contributed by atoms with Crippen molar-refractivity contribution in [3.05, 3.63) is 28.8 Å². The third kappa shape index (κ3) is 4.14. The number of halogens is 1. The predicted octanol–water partition coefficient (Wildman–Crippen LogP) is 3.86. The molecule has 0 spiro atoms. The largest absolute Gasteiger partial charge is 0.481 e. The van der Waals surface area contributed by atoms with Gasteiger partial charge in [0.2, 0.25) is 0 Å². The number of hydrogen-bond acceptors (Lipinski definition) is 2. The maximum absolute atomic E-state index is 12.1. The Labute approximate surface area is 125 Å². The molecule has 1 aliphatic rings. The van der Waals surface area contributed by atoms with E-state index in [2.05, 4.69) is 5.32 Å². The topological polar surface area (TPSA) is 38.3 Å². The molecule has 1 saturated carbocycles. The van der Waals surface area contributed by atoms with E-state index in [1.165, 1.54) is 19.3 Å². The van der Waals surface area contributed by atoms with Gasteiger partial charge in [0.05, 0.1) is 0 Å². The van der Waals surface area contributed by atoms with Gasteiger partial charge in [0.1, 0.15) is 5.75 Å². The number of nitrogens with one attached hydrogen (secondary N) is 1. The van der Waals surface area contributed by atoms with E-state index >= 15 is 0 Å². The lowest BCUT2D eigenvalue weighted by atomic mass is 9.95. The lowest BCUT2D eigenvalue weighted by Crippen LogP contribution is -2.43. The number of amides is 1. The van der Waals surface area contributed by atoms with Crippen LogP contribution in [0.15, 0.2) is 18.2 Å². The summed E-state index contributed by atoms with van der Waals surface area (Å²) in [6.07, 6.45) is 5.36. The number of ether oxygens (including phenoxy) is 1. The molecule has 0 radical (unpaired) electrons. The molecule has 4 heteroatoms. The van der Waals surface area contributed by atoms with Gasteiger partial charge in [0.25, 0.3) is 5.91 Å². The molecule has 0 saturated heterocycles. The second-order valence-corrected chi connectivity index (χ2v) is 5.95. The molecule has 1 N–H and O–H groups in total. The SMILES string of the molecule is Cc1cc(Cl)ccc1O[C@H](C)C(=O)NC1CCCCC1. The van der Waals surface area contributed by atoms with Crippen molar-refractivity contribution in [3.8, 4) is 5.75 Å². The average Bonchev–Trinajstić information content (AvgIpc) is 2.43. The van der Waals surface area contributed by atoms with E-state index in [1.807, 2.05) is 19.1 Å². The van der Waals surface area contributed by atoms with Gasteiger partial charge in [-0.25, -0.2) is 0 Å². The van der Waals surface area contributed by atoms with E-state index in [1.54, 1.807) is 13.0 Å². The van der Waals surface area contributed by atoms with Crippen LogP contribution in [0.5, 0.6) is 5.75 Å². The van der Waals surface area contributed by atoms with E-state index in [-0.39, 0.29) is 5.91 Å². The summed E-state index contributed by atoms with van der Waals surface area (Å²) in [4.78, 5) is 12.1. The molecule has 20 heavy (non-hydrogen) atoms. The first-order valence-electron chi connectivity index (χ1n) is 7.29. The fourth-order valence-corrected chi connectivity index (χ4v) is 2.78. The van der Waals surface area contributed by atoms with Gasteiger partial charge in [0.15, 0.2) is 6.10 Å². The third-order valence-corrected chi connectivity index (χ3v) is 4.00. The lowest BCUT2D eigenvalue weighted by Gasteiger charge is -2.25. The van der Waals surface area contributed by atoms with Crippen LogP contribution in [-0.2, 0) is 4.79 Å². The van der Waals surface area contributed by atoms with Crippen molar-refractivity contribution in [2.24, 2.45) is 0 Å². The van der Waals surface area contributed by atoms with Crippen molar-refractivity contribution in [3.63, 3.8) is 0 Å². The Balaban J connectivity index is 1.89. The third-order valence-electron chi connectivity index (χ3n) is 3.76. The minimum atomic E-state index is -0.489. The first-order chi connectivity index (χ1) is 9.56. The van der Waals surface area contributed by atoms with E-state index in [9.17, 15) is 4.79 Å². The van der Waals surface area contributed by atoms with Gasteiger partial charge in [-0.05, 0) is 50.5 Å². The summed E-state index contributed by atoms with van der Waals surface area (Å²) in [7, 11) is 0.